The Hall–Kier alpha value is -3.61. The Morgan fingerprint density at radius 3 is 2.24 bits per heavy atom. The normalized spacial score (nSPS) is 22.0. The summed E-state index contributed by atoms with van der Waals surface area (Å²) in [5.41, 5.74) is 2.36. The first-order chi connectivity index (χ1) is 16.7. The highest BCUT2D eigenvalue weighted by Gasteiger charge is 2.60. The van der Waals surface area contributed by atoms with Gasteiger partial charge in [0.05, 0.1) is 17.4 Å². The number of rotatable bonds is 4. The number of nitrogens with zero attached hydrogens (tertiary/aromatic N) is 2. The molecule has 4 aromatic rings. The van der Waals surface area contributed by atoms with Crippen LogP contribution in [0.5, 0.6) is 0 Å². The van der Waals surface area contributed by atoms with Gasteiger partial charge in [-0.3, -0.25) is 14.4 Å². The van der Waals surface area contributed by atoms with Crippen molar-refractivity contribution in [2.75, 3.05) is 16.2 Å². The van der Waals surface area contributed by atoms with Crippen molar-refractivity contribution in [1.29, 1.82) is 0 Å². The molecule has 0 spiro atoms. The van der Waals surface area contributed by atoms with Gasteiger partial charge in [0, 0.05) is 10.3 Å². The summed E-state index contributed by atoms with van der Waals surface area (Å²) >= 11 is 1.66. The predicted octanol–water partition coefficient (Wildman–Crippen LogP) is 5.61. The Labute approximate surface area is 201 Å². The number of para-hydroxylation sites is 1. The minimum atomic E-state index is -0.878. The highest BCUT2D eigenvalue weighted by atomic mass is 32.2. The Morgan fingerprint density at radius 2 is 1.47 bits per heavy atom. The third kappa shape index (κ3) is 3.22. The molecule has 168 valence electrons. The van der Waals surface area contributed by atoms with E-state index in [0.29, 0.717) is 5.69 Å². The van der Waals surface area contributed by atoms with Crippen molar-refractivity contribution in [1.82, 2.24) is 0 Å². The largest absolute Gasteiger partial charge is 0.273 e. The molecule has 2 fully saturated rings. The summed E-state index contributed by atoms with van der Waals surface area (Å²) in [6.07, 6.45) is 1.15. The van der Waals surface area contributed by atoms with Crippen LogP contribution in [0.1, 0.15) is 11.6 Å². The van der Waals surface area contributed by atoms with E-state index in [0.717, 1.165) is 26.9 Å². The quantitative estimate of drug-likeness (QED) is 0.289. The zero-order valence-corrected chi connectivity index (χ0v) is 19.3. The molecule has 0 radical (unpaired) electrons. The lowest BCUT2D eigenvalue weighted by molar-refractivity contribution is -0.126. The van der Waals surface area contributed by atoms with Crippen LogP contribution < -0.4 is 9.96 Å². The third-order valence-corrected chi connectivity index (χ3v) is 7.33. The van der Waals surface area contributed by atoms with Gasteiger partial charge >= 0.3 is 0 Å². The average molecular weight is 467 g/mol. The van der Waals surface area contributed by atoms with E-state index < -0.39 is 18.1 Å². The molecule has 2 aliphatic rings. The number of hydroxylamine groups is 1. The molecule has 2 heterocycles. The molecule has 0 aromatic heterocycles. The Morgan fingerprint density at radius 1 is 0.765 bits per heavy atom. The van der Waals surface area contributed by atoms with E-state index in [1.165, 1.54) is 4.90 Å². The highest BCUT2D eigenvalue weighted by Crippen LogP contribution is 2.48. The van der Waals surface area contributed by atoms with E-state index >= 15 is 0 Å². The topological polar surface area (TPSA) is 49.9 Å². The van der Waals surface area contributed by atoms with Gasteiger partial charge in [-0.1, -0.05) is 66.7 Å². The molecule has 0 saturated carbocycles. The minimum Gasteiger partial charge on any atom is -0.273 e. The lowest BCUT2D eigenvalue weighted by Crippen LogP contribution is -2.37. The van der Waals surface area contributed by atoms with Crippen LogP contribution in [0.2, 0.25) is 0 Å². The fourth-order valence-electron chi connectivity index (χ4n) is 4.99. The zero-order chi connectivity index (χ0) is 23.2. The Balaban J connectivity index is 1.45. The SMILES string of the molecule is CSc1ccc([C@@H]2[C@@H]3C(=O)N(c4cccc5ccccc45)C(=O)[C@@H]3ON2c2ccccc2)cc1. The Kier molecular flexibility index (Phi) is 5.12. The van der Waals surface area contributed by atoms with E-state index in [2.05, 4.69) is 0 Å². The van der Waals surface area contributed by atoms with Crippen molar-refractivity contribution in [3.8, 4) is 0 Å². The van der Waals surface area contributed by atoms with Crippen molar-refractivity contribution in [3.63, 3.8) is 0 Å². The van der Waals surface area contributed by atoms with Crippen molar-refractivity contribution >= 4 is 45.7 Å². The minimum absolute atomic E-state index is 0.233. The van der Waals surface area contributed by atoms with Gasteiger partial charge in [0.15, 0.2) is 6.10 Å². The maximum absolute atomic E-state index is 13.9. The standard InChI is InChI=1S/C28H22N2O3S/c1-34-21-16-14-19(15-17-21)25-24-26(33-30(25)20-10-3-2-4-11-20)28(32)29(27(24)31)23-13-7-9-18-8-5-6-12-22(18)23/h2-17,24-26H,1H3/t24-,25+,26+/m0/s1. The van der Waals surface area contributed by atoms with Gasteiger partial charge in [0.1, 0.15) is 5.92 Å². The van der Waals surface area contributed by atoms with Crippen LogP contribution in [0, 0.1) is 5.92 Å². The van der Waals surface area contributed by atoms with E-state index in [-0.39, 0.29) is 11.8 Å². The fraction of sp³-hybridized carbons (Fsp3) is 0.143. The zero-order valence-electron chi connectivity index (χ0n) is 18.5. The summed E-state index contributed by atoms with van der Waals surface area (Å²) < 4.78 is 0. The van der Waals surface area contributed by atoms with Crippen molar-refractivity contribution < 1.29 is 14.4 Å². The van der Waals surface area contributed by atoms with E-state index in [9.17, 15) is 9.59 Å². The molecule has 34 heavy (non-hydrogen) atoms. The smallest absolute Gasteiger partial charge is 0.266 e. The molecule has 0 bridgehead atoms. The number of amides is 2. The fourth-order valence-corrected chi connectivity index (χ4v) is 5.40. The van der Waals surface area contributed by atoms with Crippen LogP contribution in [-0.4, -0.2) is 24.2 Å². The van der Waals surface area contributed by atoms with E-state index in [4.69, 9.17) is 4.84 Å². The average Bonchev–Trinajstić information content (AvgIpc) is 3.40. The molecular formula is C28H22N2O3S. The lowest BCUT2D eigenvalue weighted by atomic mass is 9.90. The second-order valence-electron chi connectivity index (χ2n) is 8.44. The van der Waals surface area contributed by atoms with E-state index in [1.54, 1.807) is 16.8 Å². The van der Waals surface area contributed by atoms with Crippen LogP contribution in [0.25, 0.3) is 10.8 Å². The number of hydrogen-bond acceptors (Lipinski definition) is 5. The van der Waals surface area contributed by atoms with Crippen LogP contribution in [0.3, 0.4) is 0 Å². The number of benzene rings is 4. The van der Waals surface area contributed by atoms with E-state index in [1.807, 2.05) is 103 Å². The van der Waals surface area contributed by atoms with Crippen LogP contribution >= 0.6 is 11.8 Å². The van der Waals surface area contributed by atoms with Gasteiger partial charge in [-0.05, 0) is 47.5 Å². The van der Waals surface area contributed by atoms with Crippen molar-refractivity contribution in [2.45, 2.75) is 17.0 Å². The molecule has 5 nitrogen and oxygen atoms in total. The van der Waals surface area contributed by atoms with Gasteiger partial charge < -0.3 is 0 Å². The first-order valence-corrected chi connectivity index (χ1v) is 12.4. The second-order valence-corrected chi connectivity index (χ2v) is 9.32. The van der Waals surface area contributed by atoms with Crippen LogP contribution in [-0.2, 0) is 14.4 Å². The number of fused-ring (bicyclic) bond motifs is 2. The predicted molar refractivity (Wildman–Crippen MR) is 135 cm³/mol. The molecule has 6 heteroatoms. The summed E-state index contributed by atoms with van der Waals surface area (Å²) in [5.74, 6) is -1.20. The first-order valence-electron chi connectivity index (χ1n) is 11.2. The molecule has 0 unspecified atom stereocenters. The van der Waals surface area contributed by atoms with Crippen molar-refractivity contribution in [3.05, 3.63) is 103 Å². The molecule has 0 aliphatic carbocycles. The third-order valence-electron chi connectivity index (χ3n) is 6.59. The summed E-state index contributed by atoms with van der Waals surface area (Å²) in [4.78, 5) is 36.3. The molecule has 6 rings (SSSR count). The summed E-state index contributed by atoms with van der Waals surface area (Å²) in [5, 5.41) is 3.58. The number of carbonyl (C=O) groups is 2. The molecular weight excluding hydrogens is 444 g/mol. The van der Waals surface area contributed by atoms with Crippen LogP contribution in [0.15, 0.2) is 102 Å². The molecule has 2 saturated heterocycles. The maximum atomic E-state index is 13.9. The number of imide groups is 1. The van der Waals surface area contributed by atoms with Gasteiger partial charge in [-0.15, -0.1) is 11.8 Å². The van der Waals surface area contributed by atoms with Gasteiger partial charge in [-0.25, -0.2) is 9.96 Å². The monoisotopic (exact) mass is 466 g/mol. The number of carbonyl (C=O) groups excluding carboxylic acids is 2. The second kappa shape index (κ2) is 8.31. The van der Waals surface area contributed by atoms with Crippen molar-refractivity contribution in [2.24, 2.45) is 5.92 Å². The lowest BCUT2D eigenvalue weighted by Gasteiger charge is -2.29. The van der Waals surface area contributed by atoms with Crippen LogP contribution in [0.4, 0.5) is 11.4 Å². The molecule has 2 amide bonds. The van der Waals surface area contributed by atoms with Gasteiger partial charge in [0.25, 0.3) is 5.91 Å². The molecule has 3 atom stereocenters. The summed E-state index contributed by atoms with van der Waals surface area (Å²) in [6, 6.07) is 30.8. The molecule has 0 N–H and O–H groups in total. The summed E-state index contributed by atoms with van der Waals surface area (Å²) in [7, 11) is 0. The van der Waals surface area contributed by atoms with Gasteiger partial charge in [-0.2, -0.15) is 0 Å². The Bertz CT molecular complexity index is 1380. The number of anilines is 2. The maximum Gasteiger partial charge on any atom is 0.266 e. The molecule has 2 aliphatic heterocycles. The van der Waals surface area contributed by atoms with Gasteiger partial charge in [0.2, 0.25) is 5.91 Å². The summed E-state index contributed by atoms with van der Waals surface area (Å²) in [6.45, 7) is 0. The first kappa shape index (κ1) is 21.0. The highest BCUT2D eigenvalue weighted by molar-refractivity contribution is 7.98. The molecule has 4 aromatic carbocycles. The number of thioether (sulfide) groups is 1. The number of hydrogen-bond donors (Lipinski definition) is 0.